The van der Waals surface area contributed by atoms with Crippen LogP contribution in [0.15, 0.2) is 24.3 Å². The quantitative estimate of drug-likeness (QED) is 0.753. The fourth-order valence-corrected chi connectivity index (χ4v) is 3.63. The molecule has 1 spiro atoms. The van der Waals surface area contributed by atoms with Gasteiger partial charge in [0.05, 0.1) is 12.0 Å². The maximum absolute atomic E-state index is 12.4. The largest absolute Gasteiger partial charge is 0.486 e. The minimum absolute atomic E-state index is 0.224. The molecular weight excluding hydrogens is 236 g/mol. The molecule has 1 aromatic rings. The van der Waals surface area contributed by atoms with Gasteiger partial charge in [0.1, 0.15) is 11.4 Å². The average Bonchev–Trinajstić information content (AvgIpc) is 2.38. The molecule has 0 N–H and O–H groups in total. The first-order valence-corrected chi connectivity index (χ1v) is 7.41. The van der Waals surface area contributed by atoms with Crippen LogP contribution in [0.25, 0.3) is 0 Å². The van der Waals surface area contributed by atoms with E-state index in [1.54, 1.807) is 0 Å². The molecule has 1 aliphatic heterocycles. The molecule has 0 radical (unpaired) electrons. The highest BCUT2D eigenvalue weighted by Gasteiger charge is 2.44. The number of Topliss-reactive ketones (excluding diaryl/α,β-unsaturated/α-hetero) is 1. The lowest BCUT2D eigenvalue weighted by Gasteiger charge is -2.44. The lowest BCUT2D eigenvalue weighted by Crippen LogP contribution is -2.46. The van der Waals surface area contributed by atoms with E-state index in [4.69, 9.17) is 4.74 Å². The molecule has 0 saturated heterocycles. The molecule has 102 valence electrons. The number of carbonyl (C=O) groups is 1. The number of ketones is 1. The summed E-state index contributed by atoms with van der Waals surface area (Å²) in [4.78, 5) is 12.4. The Labute approximate surface area is 115 Å². The summed E-state index contributed by atoms with van der Waals surface area (Å²) in [7, 11) is 0. The first-order chi connectivity index (χ1) is 9.10. The molecule has 1 fully saturated rings. The fraction of sp³-hybridized carbons (Fsp3) is 0.588. The maximum Gasteiger partial charge on any atom is 0.170 e. The summed E-state index contributed by atoms with van der Waals surface area (Å²) in [5.74, 6) is 2.41. The van der Waals surface area contributed by atoms with E-state index in [9.17, 15) is 4.79 Å². The molecule has 0 bridgehead atoms. The minimum Gasteiger partial charge on any atom is -0.486 e. The Morgan fingerprint density at radius 3 is 2.89 bits per heavy atom. The molecule has 1 aromatic carbocycles. The summed E-state index contributed by atoms with van der Waals surface area (Å²) in [5, 5.41) is 0. The van der Waals surface area contributed by atoms with Crippen LogP contribution in [-0.4, -0.2) is 11.4 Å². The Kier molecular flexibility index (Phi) is 3.12. The average molecular weight is 258 g/mol. The number of hydrogen-bond donors (Lipinski definition) is 0. The molecule has 2 unspecified atom stereocenters. The van der Waals surface area contributed by atoms with Crippen LogP contribution in [0.2, 0.25) is 0 Å². The standard InChI is InChI=1S/C17H22O2/c1-12(2)13-6-5-9-17(10-13)11-15(18)14-7-3-4-8-16(14)19-17/h3-4,7-8,12-13H,5-6,9-11H2,1-2H3. The van der Waals surface area contributed by atoms with Gasteiger partial charge in [-0.1, -0.05) is 26.0 Å². The highest BCUT2D eigenvalue weighted by atomic mass is 16.5. The predicted octanol–water partition coefficient (Wildman–Crippen LogP) is 4.24. The Morgan fingerprint density at radius 2 is 2.11 bits per heavy atom. The van der Waals surface area contributed by atoms with E-state index in [1.807, 2.05) is 24.3 Å². The van der Waals surface area contributed by atoms with E-state index >= 15 is 0 Å². The van der Waals surface area contributed by atoms with Crippen molar-refractivity contribution in [3.8, 4) is 5.75 Å². The van der Waals surface area contributed by atoms with Crippen LogP contribution in [0.1, 0.15) is 56.3 Å². The van der Waals surface area contributed by atoms with E-state index < -0.39 is 0 Å². The normalized spacial score (nSPS) is 30.3. The van der Waals surface area contributed by atoms with Crippen LogP contribution >= 0.6 is 0 Å². The van der Waals surface area contributed by atoms with Crippen LogP contribution in [0, 0.1) is 11.8 Å². The Bertz CT molecular complexity index is 492. The number of para-hydroxylation sites is 1. The molecule has 0 aromatic heterocycles. The molecule has 2 atom stereocenters. The van der Waals surface area contributed by atoms with Gasteiger partial charge in [-0.05, 0) is 49.7 Å². The van der Waals surface area contributed by atoms with Crippen molar-refractivity contribution in [2.24, 2.45) is 11.8 Å². The molecule has 2 aliphatic rings. The second-order valence-corrected chi connectivity index (χ2v) is 6.48. The molecular formula is C17H22O2. The van der Waals surface area contributed by atoms with Gasteiger partial charge in [-0.3, -0.25) is 4.79 Å². The molecule has 2 nitrogen and oxygen atoms in total. The van der Waals surface area contributed by atoms with Crippen LogP contribution in [0.3, 0.4) is 0 Å². The molecule has 1 aliphatic carbocycles. The molecule has 19 heavy (non-hydrogen) atoms. The molecule has 0 amide bonds. The number of fused-ring (bicyclic) bond motifs is 1. The van der Waals surface area contributed by atoms with Gasteiger partial charge in [0.2, 0.25) is 0 Å². The Balaban J connectivity index is 1.89. The van der Waals surface area contributed by atoms with Crippen molar-refractivity contribution in [2.75, 3.05) is 0 Å². The van der Waals surface area contributed by atoms with E-state index in [0.717, 1.165) is 24.2 Å². The summed E-state index contributed by atoms with van der Waals surface area (Å²) in [6, 6.07) is 7.68. The van der Waals surface area contributed by atoms with Gasteiger partial charge in [-0.25, -0.2) is 0 Å². The minimum atomic E-state index is -0.224. The van der Waals surface area contributed by atoms with E-state index in [0.29, 0.717) is 18.3 Å². The van der Waals surface area contributed by atoms with Crippen molar-refractivity contribution >= 4 is 5.78 Å². The first-order valence-electron chi connectivity index (χ1n) is 7.41. The van der Waals surface area contributed by atoms with E-state index in [1.165, 1.54) is 12.8 Å². The van der Waals surface area contributed by atoms with Gasteiger partial charge in [0.25, 0.3) is 0 Å². The van der Waals surface area contributed by atoms with Gasteiger partial charge in [-0.2, -0.15) is 0 Å². The van der Waals surface area contributed by atoms with Crippen molar-refractivity contribution in [1.82, 2.24) is 0 Å². The molecule has 3 rings (SSSR count). The summed E-state index contributed by atoms with van der Waals surface area (Å²) in [5.41, 5.74) is 0.540. The van der Waals surface area contributed by atoms with Crippen molar-refractivity contribution in [3.63, 3.8) is 0 Å². The van der Waals surface area contributed by atoms with Crippen molar-refractivity contribution < 1.29 is 9.53 Å². The summed E-state index contributed by atoms with van der Waals surface area (Å²) in [6.07, 6.45) is 5.07. The van der Waals surface area contributed by atoms with Crippen LogP contribution in [-0.2, 0) is 0 Å². The number of hydrogen-bond acceptors (Lipinski definition) is 2. The van der Waals surface area contributed by atoms with Gasteiger partial charge in [0.15, 0.2) is 5.78 Å². The smallest absolute Gasteiger partial charge is 0.170 e. The summed E-state index contributed by atoms with van der Waals surface area (Å²) in [6.45, 7) is 4.56. The number of carbonyl (C=O) groups excluding carboxylic acids is 1. The number of rotatable bonds is 1. The zero-order valence-electron chi connectivity index (χ0n) is 11.8. The lowest BCUT2D eigenvalue weighted by molar-refractivity contribution is -0.0116. The SMILES string of the molecule is CC(C)C1CCCC2(CC(=O)c3ccccc3O2)C1. The van der Waals surface area contributed by atoms with Gasteiger partial charge < -0.3 is 4.74 Å². The zero-order valence-corrected chi connectivity index (χ0v) is 11.8. The third-order valence-corrected chi connectivity index (χ3v) is 4.78. The van der Waals surface area contributed by atoms with Gasteiger partial charge in [-0.15, -0.1) is 0 Å². The number of benzene rings is 1. The maximum atomic E-state index is 12.4. The van der Waals surface area contributed by atoms with Crippen LogP contribution in [0.4, 0.5) is 0 Å². The topological polar surface area (TPSA) is 26.3 Å². The molecule has 2 heteroatoms. The second kappa shape index (κ2) is 4.66. The predicted molar refractivity (Wildman–Crippen MR) is 75.5 cm³/mol. The third-order valence-electron chi connectivity index (χ3n) is 4.78. The fourth-order valence-electron chi connectivity index (χ4n) is 3.63. The van der Waals surface area contributed by atoms with Gasteiger partial charge in [0, 0.05) is 0 Å². The van der Waals surface area contributed by atoms with Crippen LogP contribution < -0.4 is 4.74 Å². The highest BCUT2D eigenvalue weighted by molar-refractivity contribution is 6.00. The van der Waals surface area contributed by atoms with Crippen molar-refractivity contribution in [3.05, 3.63) is 29.8 Å². The Morgan fingerprint density at radius 1 is 1.32 bits per heavy atom. The third kappa shape index (κ3) is 2.29. The highest BCUT2D eigenvalue weighted by Crippen LogP contribution is 2.45. The Hall–Kier alpha value is -1.31. The van der Waals surface area contributed by atoms with E-state index in [2.05, 4.69) is 13.8 Å². The summed E-state index contributed by atoms with van der Waals surface area (Å²) >= 11 is 0. The van der Waals surface area contributed by atoms with Gasteiger partial charge >= 0.3 is 0 Å². The van der Waals surface area contributed by atoms with Crippen molar-refractivity contribution in [2.45, 2.75) is 51.6 Å². The number of ether oxygens (including phenoxy) is 1. The zero-order chi connectivity index (χ0) is 13.5. The van der Waals surface area contributed by atoms with Crippen molar-refractivity contribution in [1.29, 1.82) is 0 Å². The lowest BCUT2D eigenvalue weighted by atomic mass is 9.70. The van der Waals surface area contributed by atoms with Crippen LogP contribution in [0.5, 0.6) is 5.75 Å². The monoisotopic (exact) mass is 258 g/mol. The first kappa shape index (κ1) is 12.7. The molecule has 1 heterocycles. The van der Waals surface area contributed by atoms with E-state index in [-0.39, 0.29) is 11.4 Å². The summed E-state index contributed by atoms with van der Waals surface area (Å²) < 4.78 is 6.29. The second-order valence-electron chi connectivity index (χ2n) is 6.48. The molecule has 1 saturated carbocycles.